The number of non-ortho nitro benzene ring substituents is 1. The van der Waals surface area contributed by atoms with Crippen LogP contribution in [-0.2, 0) is 6.54 Å². The van der Waals surface area contributed by atoms with Crippen molar-refractivity contribution in [2.45, 2.75) is 12.5 Å². The maximum absolute atomic E-state index is 12.9. The fraction of sp³-hybridized carbons (Fsp3) is 0.0833. The third kappa shape index (κ3) is 4.00. The molecule has 172 valence electrons. The van der Waals surface area contributed by atoms with Crippen LogP contribution in [0, 0.1) is 21.4 Å². The molecule has 0 amide bonds. The van der Waals surface area contributed by atoms with Gasteiger partial charge in [-0.25, -0.2) is 4.68 Å². The predicted molar refractivity (Wildman–Crippen MR) is 122 cm³/mol. The van der Waals surface area contributed by atoms with E-state index in [-0.39, 0.29) is 41.0 Å². The Balaban J connectivity index is 1.57. The van der Waals surface area contributed by atoms with Crippen molar-refractivity contribution in [1.29, 1.82) is 5.26 Å². The molecule has 5 rings (SSSR count). The zero-order chi connectivity index (χ0) is 24.5. The molecule has 3 heterocycles. The summed E-state index contributed by atoms with van der Waals surface area (Å²) in [6, 6.07) is 18.4. The van der Waals surface area contributed by atoms with Crippen LogP contribution in [0.4, 0.5) is 5.69 Å². The van der Waals surface area contributed by atoms with E-state index in [1.807, 2.05) is 36.4 Å². The Morgan fingerprint density at radius 1 is 1.17 bits per heavy atom. The predicted octanol–water partition coefficient (Wildman–Crippen LogP) is 3.07. The van der Waals surface area contributed by atoms with E-state index in [0.29, 0.717) is 11.3 Å². The highest BCUT2D eigenvalue weighted by atomic mass is 16.6. The minimum absolute atomic E-state index is 0.0228. The van der Waals surface area contributed by atoms with Crippen molar-refractivity contribution in [1.82, 2.24) is 15.0 Å². The average molecular weight is 468 g/mol. The highest BCUT2D eigenvalue weighted by Crippen LogP contribution is 2.41. The smallest absolute Gasteiger partial charge is 0.269 e. The van der Waals surface area contributed by atoms with E-state index >= 15 is 0 Å². The lowest BCUT2D eigenvalue weighted by atomic mass is 9.87. The van der Waals surface area contributed by atoms with Crippen LogP contribution in [0.25, 0.3) is 11.3 Å². The van der Waals surface area contributed by atoms with Crippen molar-refractivity contribution in [3.63, 3.8) is 0 Å². The molecule has 0 saturated heterocycles. The van der Waals surface area contributed by atoms with Crippen molar-refractivity contribution >= 4 is 5.69 Å². The molecule has 0 radical (unpaired) electrons. The number of benzene rings is 2. The topological polar surface area (TPSA) is 163 Å². The number of nitriles is 1. The molecule has 1 unspecified atom stereocenters. The zero-order valence-electron chi connectivity index (χ0n) is 18.0. The van der Waals surface area contributed by atoms with Crippen LogP contribution in [0.5, 0.6) is 5.75 Å². The number of nitro benzene ring substituents is 1. The number of aromatic nitrogens is 3. The quantitative estimate of drug-likeness (QED) is 0.342. The first-order chi connectivity index (χ1) is 16.9. The van der Waals surface area contributed by atoms with Gasteiger partial charge in [-0.1, -0.05) is 47.7 Å². The van der Waals surface area contributed by atoms with Gasteiger partial charge in [-0.3, -0.25) is 14.9 Å². The van der Waals surface area contributed by atoms with E-state index in [9.17, 15) is 20.2 Å². The second-order valence-electron chi connectivity index (χ2n) is 7.71. The third-order valence-corrected chi connectivity index (χ3v) is 5.47. The summed E-state index contributed by atoms with van der Waals surface area (Å²) in [5.41, 5.74) is 7.08. The standard InChI is InChI=1S/C24H16N6O5/c25-11-18-21(15-7-4-8-16(9-15)30(32)33)23-22(35-24(18)26)20(31)10-17(34-23)12-29-13-19(27-28-29)14-5-2-1-3-6-14/h1-10,13,21H,12,26H2. The monoisotopic (exact) mass is 468 g/mol. The molecule has 0 spiro atoms. The minimum Gasteiger partial charge on any atom is -0.459 e. The molecule has 2 aromatic heterocycles. The SMILES string of the molecule is N#CC1=C(N)Oc2c(oc(Cn3cc(-c4ccccc4)nn3)cc2=O)C1c1cccc([N+](=O)[O-])c1. The van der Waals surface area contributed by atoms with E-state index < -0.39 is 16.3 Å². The first kappa shape index (κ1) is 21.6. The molecule has 2 aromatic carbocycles. The van der Waals surface area contributed by atoms with Crippen molar-refractivity contribution in [3.05, 3.63) is 116 Å². The fourth-order valence-corrected chi connectivity index (χ4v) is 3.89. The number of hydrogen-bond acceptors (Lipinski definition) is 9. The first-order valence-corrected chi connectivity index (χ1v) is 10.4. The number of allylic oxidation sites excluding steroid dienone is 1. The second-order valence-corrected chi connectivity index (χ2v) is 7.71. The Morgan fingerprint density at radius 3 is 2.71 bits per heavy atom. The molecule has 1 aliphatic rings. The molecule has 2 N–H and O–H groups in total. The number of nitro groups is 1. The Bertz CT molecular complexity index is 1580. The molecule has 1 atom stereocenters. The lowest BCUT2D eigenvalue weighted by Crippen LogP contribution is -2.25. The van der Waals surface area contributed by atoms with Crippen LogP contribution in [0.2, 0.25) is 0 Å². The summed E-state index contributed by atoms with van der Waals surface area (Å²) in [6.07, 6.45) is 1.71. The molecule has 0 bridgehead atoms. The summed E-state index contributed by atoms with van der Waals surface area (Å²) in [7, 11) is 0. The fourth-order valence-electron chi connectivity index (χ4n) is 3.89. The van der Waals surface area contributed by atoms with Crippen molar-refractivity contribution in [2.75, 3.05) is 0 Å². The summed E-state index contributed by atoms with van der Waals surface area (Å²) in [6.45, 7) is 0.0745. The van der Waals surface area contributed by atoms with Crippen LogP contribution in [-0.4, -0.2) is 19.9 Å². The maximum atomic E-state index is 12.9. The van der Waals surface area contributed by atoms with Gasteiger partial charge in [0.15, 0.2) is 5.76 Å². The molecular formula is C24H16N6O5. The van der Waals surface area contributed by atoms with Gasteiger partial charge in [-0.15, -0.1) is 5.10 Å². The molecular weight excluding hydrogens is 452 g/mol. The van der Waals surface area contributed by atoms with Crippen LogP contribution in [0.3, 0.4) is 0 Å². The van der Waals surface area contributed by atoms with Gasteiger partial charge in [0.05, 0.1) is 17.0 Å². The minimum atomic E-state index is -0.966. The molecule has 0 fully saturated rings. The van der Waals surface area contributed by atoms with Crippen LogP contribution in [0.1, 0.15) is 23.0 Å². The largest absolute Gasteiger partial charge is 0.459 e. The number of fused-ring (bicyclic) bond motifs is 1. The van der Waals surface area contributed by atoms with Crippen molar-refractivity contribution in [2.24, 2.45) is 5.73 Å². The Morgan fingerprint density at radius 2 is 1.97 bits per heavy atom. The number of ether oxygens (including phenoxy) is 1. The van der Waals surface area contributed by atoms with E-state index in [1.54, 1.807) is 12.3 Å². The number of nitrogens with zero attached hydrogens (tertiary/aromatic N) is 5. The van der Waals surface area contributed by atoms with Crippen LogP contribution >= 0.6 is 0 Å². The van der Waals surface area contributed by atoms with Gasteiger partial charge < -0.3 is 14.9 Å². The lowest BCUT2D eigenvalue weighted by Gasteiger charge is -2.24. The zero-order valence-corrected chi connectivity index (χ0v) is 18.0. The third-order valence-electron chi connectivity index (χ3n) is 5.47. The molecule has 35 heavy (non-hydrogen) atoms. The van der Waals surface area contributed by atoms with Gasteiger partial charge in [0.2, 0.25) is 17.1 Å². The molecule has 11 nitrogen and oxygen atoms in total. The van der Waals surface area contributed by atoms with E-state index in [2.05, 4.69) is 10.3 Å². The maximum Gasteiger partial charge on any atom is 0.269 e. The highest BCUT2D eigenvalue weighted by Gasteiger charge is 2.35. The van der Waals surface area contributed by atoms with Gasteiger partial charge in [-0.2, -0.15) is 5.26 Å². The van der Waals surface area contributed by atoms with E-state index in [4.69, 9.17) is 14.9 Å². The number of hydrogen-bond donors (Lipinski definition) is 1. The van der Waals surface area contributed by atoms with Gasteiger partial charge in [-0.05, 0) is 5.56 Å². The molecule has 11 heteroatoms. The number of rotatable bonds is 5. The van der Waals surface area contributed by atoms with Gasteiger partial charge in [0, 0.05) is 23.8 Å². The lowest BCUT2D eigenvalue weighted by molar-refractivity contribution is -0.384. The normalized spacial score (nSPS) is 14.7. The first-order valence-electron chi connectivity index (χ1n) is 10.4. The molecule has 0 aliphatic carbocycles. The van der Waals surface area contributed by atoms with Crippen molar-refractivity contribution < 1.29 is 14.1 Å². The van der Waals surface area contributed by atoms with Gasteiger partial charge in [0.25, 0.3) is 5.69 Å². The van der Waals surface area contributed by atoms with Crippen LogP contribution in [0.15, 0.2) is 87.5 Å². The Hall–Kier alpha value is -5.24. The highest BCUT2D eigenvalue weighted by molar-refractivity contribution is 5.57. The summed E-state index contributed by atoms with van der Waals surface area (Å²) >= 11 is 0. The summed E-state index contributed by atoms with van der Waals surface area (Å²) in [5.74, 6) is -1.14. The Labute approximate surface area is 197 Å². The van der Waals surface area contributed by atoms with Gasteiger partial charge >= 0.3 is 0 Å². The molecule has 1 aliphatic heterocycles. The summed E-state index contributed by atoms with van der Waals surface area (Å²) in [5, 5.41) is 29.3. The van der Waals surface area contributed by atoms with Crippen LogP contribution < -0.4 is 15.9 Å². The van der Waals surface area contributed by atoms with Gasteiger partial charge in [0.1, 0.15) is 29.6 Å². The van der Waals surface area contributed by atoms with Crippen molar-refractivity contribution in [3.8, 4) is 23.1 Å². The number of nitrogens with two attached hydrogens (primary N) is 1. The summed E-state index contributed by atoms with van der Waals surface area (Å²) < 4.78 is 13.0. The summed E-state index contributed by atoms with van der Waals surface area (Å²) in [4.78, 5) is 23.6. The average Bonchev–Trinajstić information content (AvgIpc) is 3.33. The molecule has 4 aromatic rings. The van der Waals surface area contributed by atoms with E-state index in [0.717, 1.165) is 5.56 Å². The van der Waals surface area contributed by atoms with E-state index in [1.165, 1.54) is 28.9 Å². The Kier molecular flexibility index (Phi) is 5.31. The molecule has 0 saturated carbocycles. The second kappa shape index (κ2) is 8.60.